The average molecular weight is 193 g/mol. The van der Waals surface area contributed by atoms with Gasteiger partial charge in [0.1, 0.15) is 0 Å². The first kappa shape index (κ1) is 8.09. The zero-order chi connectivity index (χ0) is 8.43. The average Bonchev–Trinajstić information content (AvgIpc) is 2.30. The van der Waals surface area contributed by atoms with Crippen molar-refractivity contribution in [1.82, 2.24) is 4.98 Å². The van der Waals surface area contributed by atoms with E-state index in [9.17, 15) is 14.9 Å². The second-order valence-electron chi connectivity index (χ2n) is 1.52. The lowest BCUT2D eigenvalue weighted by Crippen LogP contribution is -1.88. The molecule has 0 fully saturated rings. The first-order valence-electron chi connectivity index (χ1n) is 2.41. The molecule has 0 N–H and O–H groups in total. The lowest BCUT2D eigenvalue weighted by atomic mass is 10.7. The van der Waals surface area contributed by atoms with Crippen LogP contribution in [0.5, 0.6) is 0 Å². The molecule has 0 bridgehead atoms. The molecule has 58 valence electrons. The second-order valence-corrected chi connectivity index (χ2v) is 3.16. The molecule has 0 unspecified atom stereocenters. The fourth-order valence-electron chi connectivity index (χ4n) is 0.472. The first-order valence-corrected chi connectivity index (χ1v) is 3.60. The minimum absolute atomic E-state index is 0.0155. The number of halogens is 1. The summed E-state index contributed by atoms with van der Waals surface area (Å²) in [7, 11) is 0. The van der Waals surface area contributed by atoms with Crippen molar-refractivity contribution in [2.45, 2.75) is 0 Å². The minimum Gasteiger partial charge on any atom is -0.358 e. The summed E-state index contributed by atoms with van der Waals surface area (Å²) in [6.45, 7) is 0. The topological polar surface area (TPSA) is 73.1 Å². The Bertz CT molecular complexity index is 310. The van der Waals surface area contributed by atoms with E-state index in [1.165, 1.54) is 0 Å². The van der Waals surface area contributed by atoms with Crippen LogP contribution in [0, 0.1) is 10.1 Å². The van der Waals surface area contributed by atoms with Crippen LogP contribution in [0.25, 0.3) is 0 Å². The van der Waals surface area contributed by atoms with E-state index in [1.54, 1.807) is 0 Å². The van der Waals surface area contributed by atoms with Gasteiger partial charge in [-0.2, -0.15) is 0 Å². The summed E-state index contributed by atoms with van der Waals surface area (Å²) in [6.07, 6.45) is 0.420. The molecule has 11 heavy (non-hydrogen) atoms. The van der Waals surface area contributed by atoms with E-state index in [0.717, 1.165) is 11.3 Å². The number of hydrogen-bond acceptors (Lipinski definition) is 5. The molecule has 1 aromatic rings. The molecule has 7 heteroatoms. The van der Waals surface area contributed by atoms with E-state index >= 15 is 0 Å². The van der Waals surface area contributed by atoms with Crippen LogP contribution in [-0.2, 0) is 0 Å². The van der Waals surface area contributed by atoms with Crippen LogP contribution in [0.4, 0.5) is 5.82 Å². The number of rotatable bonds is 2. The highest BCUT2D eigenvalue weighted by Gasteiger charge is 2.20. The molecule has 1 rings (SSSR count). The summed E-state index contributed by atoms with van der Waals surface area (Å²) >= 11 is 6.16. The zero-order valence-corrected chi connectivity index (χ0v) is 6.56. The van der Waals surface area contributed by atoms with Crippen molar-refractivity contribution in [2.24, 2.45) is 0 Å². The van der Waals surface area contributed by atoms with Crippen LogP contribution >= 0.6 is 22.9 Å². The Morgan fingerprint density at radius 2 is 2.36 bits per heavy atom. The number of aromatic nitrogens is 1. The van der Waals surface area contributed by atoms with E-state index in [1.807, 2.05) is 0 Å². The molecule has 0 saturated heterocycles. The maximum absolute atomic E-state index is 10.1. The minimum atomic E-state index is -0.730. The molecule has 0 atom stereocenters. The van der Waals surface area contributed by atoms with Gasteiger partial charge in [-0.05, 0) is 9.91 Å². The van der Waals surface area contributed by atoms with Gasteiger partial charge in [0.25, 0.3) is 5.01 Å². The highest BCUT2D eigenvalue weighted by Crippen LogP contribution is 2.28. The summed E-state index contributed by atoms with van der Waals surface area (Å²) < 4.78 is -0.0721. The molecular formula is C4HClN2O3S. The van der Waals surface area contributed by atoms with Crippen LogP contribution in [0.15, 0.2) is 0 Å². The van der Waals surface area contributed by atoms with Crippen LogP contribution in [-0.4, -0.2) is 16.2 Å². The number of hydrogen-bond donors (Lipinski definition) is 0. The van der Waals surface area contributed by atoms with Crippen LogP contribution < -0.4 is 0 Å². The molecule has 0 spiro atoms. The summed E-state index contributed by atoms with van der Waals surface area (Å²) in [5.74, 6) is -0.459. The SMILES string of the molecule is O=Cc1nc([N+](=O)[O-])c(Cl)s1. The number of nitrogens with zero attached hydrogens (tertiary/aromatic N) is 2. The van der Waals surface area contributed by atoms with Gasteiger partial charge in [0.15, 0.2) is 4.34 Å². The molecule has 0 aromatic carbocycles. The molecule has 0 radical (unpaired) electrons. The maximum Gasteiger partial charge on any atom is 0.394 e. The summed E-state index contributed by atoms with van der Waals surface area (Å²) in [5, 5.41) is 10.1. The fourth-order valence-corrected chi connectivity index (χ4v) is 1.40. The molecule has 0 amide bonds. The monoisotopic (exact) mass is 192 g/mol. The molecule has 5 nitrogen and oxygen atoms in total. The van der Waals surface area contributed by atoms with E-state index in [0.29, 0.717) is 6.29 Å². The van der Waals surface area contributed by atoms with Gasteiger partial charge < -0.3 is 10.1 Å². The second kappa shape index (κ2) is 2.93. The van der Waals surface area contributed by atoms with E-state index in [2.05, 4.69) is 4.98 Å². The van der Waals surface area contributed by atoms with Gasteiger partial charge in [-0.3, -0.25) is 4.79 Å². The zero-order valence-electron chi connectivity index (χ0n) is 4.98. The molecule has 0 saturated carbocycles. The Balaban J connectivity index is 3.16. The smallest absolute Gasteiger partial charge is 0.358 e. The first-order chi connectivity index (χ1) is 5.15. The van der Waals surface area contributed by atoms with Crippen molar-refractivity contribution in [2.75, 3.05) is 0 Å². The van der Waals surface area contributed by atoms with Gasteiger partial charge in [0.05, 0.1) is 0 Å². The maximum atomic E-state index is 10.1. The largest absolute Gasteiger partial charge is 0.394 e. The van der Waals surface area contributed by atoms with Crippen molar-refractivity contribution < 1.29 is 9.72 Å². The summed E-state index contributed by atoms with van der Waals surface area (Å²) in [4.78, 5) is 22.8. The summed E-state index contributed by atoms with van der Waals surface area (Å²) in [5.41, 5.74) is 0. The number of carbonyl (C=O) groups is 1. The number of carbonyl (C=O) groups excluding carboxylic acids is 1. The Hall–Kier alpha value is -1.01. The molecule has 0 aliphatic heterocycles. The highest BCUT2D eigenvalue weighted by atomic mass is 35.5. The van der Waals surface area contributed by atoms with Gasteiger partial charge in [-0.25, -0.2) is 0 Å². The third-order valence-electron chi connectivity index (χ3n) is 0.860. The van der Waals surface area contributed by atoms with Gasteiger partial charge in [0, 0.05) is 0 Å². The molecule has 0 aliphatic carbocycles. The standard InChI is InChI=1S/C4HClN2O3S/c5-3-4(7(9)10)6-2(1-8)11-3/h1H. The van der Waals surface area contributed by atoms with Gasteiger partial charge in [-0.1, -0.05) is 22.9 Å². The lowest BCUT2D eigenvalue weighted by molar-refractivity contribution is -0.388. The molecule has 1 heterocycles. The number of nitro groups is 1. The van der Waals surface area contributed by atoms with E-state index in [4.69, 9.17) is 11.6 Å². The normalized spacial score (nSPS) is 9.55. The quantitative estimate of drug-likeness (QED) is 0.405. The lowest BCUT2D eigenvalue weighted by Gasteiger charge is -1.84. The molecular weight excluding hydrogens is 192 g/mol. The van der Waals surface area contributed by atoms with Crippen molar-refractivity contribution in [3.05, 3.63) is 19.5 Å². The van der Waals surface area contributed by atoms with Crippen molar-refractivity contribution >= 4 is 35.0 Å². The van der Waals surface area contributed by atoms with E-state index < -0.39 is 10.7 Å². The summed E-state index contributed by atoms with van der Waals surface area (Å²) in [6, 6.07) is 0. The molecule has 1 aromatic heterocycles. The van der Waals surface area contributed by atoms with Gasteiger partial charge in [-0.15, -0.1) is 0 Å². The van der Waals surface area contributed by atoms with Crippen LogP contribution in [0.1, 0.15) is 9.80 Å². The van der Waals surface area contributed by atoms with Gasteiger partial charge in [0.2, 0.25) is 6.29 Å². The van der Waals surface area contributed by atoms with Crippen molar-refractivity contribution in [3.8, 4) is 0 Å². The predicted octanol–water partition coefficient (Wildman–Crippen LogP) is 1.52. The van der Waals surface area contributed by atoms with Crippen LogP contribution in [0.2, 0.25) is 4.34 Å². The van der Waals surface area contributed by atoms with Crippen LogP contribution in [0.3, 0.4) is 0 Å². The highest BCUT2D eigenvalue weighted by molar-refractivity contribution is 7.17. The Morgan fingerprint density at radius 1 is 1.73 bits per heavy atom. The third kappa shape index (κ3) is 1.52. The Labute approximate surface area is 69.8 Å². The molecule has 0 aliphatic rings. The van der Waals surface area contributed by atoms with Crippen molar-refractivity contribution in [3.63, 3.8) is 0 Å². The van der Waals surface area contributed by atoms with Gasteiger partial charge >= 0.3 is 5.82 Å². The number of thiazole rings is 1. The number of aldehydes is 1. The Kier molecular flexibility index (Phi) is 2.16. The Morgan fingerprint density at radius 3 is 2.64 bits per heavy atom. The predicted molar refractivity (Wildman–Crippen MR) is 39.2 cm³/mol. The van der Waals surface area contributed by atoms with E-state index in [-0.39, 0.29) is 9.34 Å². The third-order valence-corrected chi connectivity index (χ3v) is 2.02. The van der Waals surface area contributed by atoms with Crippen molar-refractivity contribution in [1.29, 1.82) is 0 Å². The fraction of sp³-hybridized carbons (Fsp3) is 0.